The van der Waals surface area contributed by atoms with Gasteiger partial charge in [-0.15, -0.1) is 0 Å². The zero-order valence-electron chi connectivity index (χ0n) is 18.4. The lowest BCUT2D eigenvalue weighted by molar-refractivity contribution is -0.138. The first kappa shape index (κ1) is 22.1. The average molecular weight is 387 g/mol. The van der Waals surface area contributed by atoms with Crippen LogP contribution in [0.15, 0.2) is 35.3 Å². The van der Waals surface area contributed by atoms with Crippen molar-refractivity contribution >= 4 is 17.7 Å². The van der Waals surface area contributed by atoms with Gasteiger partial charge in [0.2, 0.25) is 0 Å². The van der Waals surface area contributed by atoms with Crippen LogP contribution in [-0.2, 0) is 9.53 Å². The van der Waals surface area contributed by atoms with Gasteiger partial charge in [-0.1, -0.05) is 58.0 Å². The van der Waals surface area contributed by atoms with E-state index in [-0.39, 0.29) is 17.7 Å². The van der Waals surface area contributed by atoms with E-state index in [4.69, 9.17) is 9.73 Å². The minimum atomic E-state index is -0.998. The second-order valence-corrected chi connectivity index (χ2v) is 9.58. The molecule has 0 aromatic heterocycles. The third-order valence-corrected chi connectivity index (χ3v) is 4.70. The highest BCUT2D eigenvalue weighted by Crippen LogP contribution is 2.34. The van der Waals surface area contributed by atoms with Crippen molar-refractivity contribution in [3.63, 3.8) is 0 Å². The maximum Gasteiger partial charge on any atom is 0.417 e. The second-order valence-electron chi connectivity index (χ2n) is 9.58. The van der Waals surface area contributed by atoms with E-state index >= 15 is 0 Å². The van der Waals surface area contributed by atoms with Crippen molar-refractivity contribution in [2.24, 2.45) is 16.8 Å². The number of carbonyl (C=O) groups is 2. The second kappa shape index (κ2) is 8.06. The van der Waals surface area contributed by atoms with Gasteiger partial charge in [0.05, 0.1) is 11.8 Å². The maximum absolute atomic E-state index is 13.5. The highest BCUT2D eigenvalue weighted by atomic mass is 16.6. The number of hydrogen-bond donors (Lipinski definition) is 0. The first-order valence-corrected chi connectivity index (χ1v) is 10.1. The molecule has 1 aromatic carbocycles. The Hall–Kier alpha value is -2.17. The van der Waals surface area contributed by atoms with Gasteiger partial charge in [0, 0.05) is 0 Å². The molecule has 1 aliphatic rings. The standard InChI is InChI=1S/C23H34N2O3/c1-15(2)14-23(8)20(26)25(21(27)28-22(5,6)7)19(16(3)4)18(24-23)17-12-10-9-11-13-17/h9-13,15-16,19H,14H2,1-8H3/t19-,23+/m1/s1. The first-order chi connectivity index (χ1) is 12.9. The molecule has 0 unspecified atom stereocenters. The van der Waals surface area contributed by atoms with E-state index in [9.17, 15) is 9.59 Å². The van der Waals surface area contributed by atoms with Gasteiger partial charge in [0.25, 0.3) is 5.91 Å². The van der Waals surface area contributed by atoms with Gasteiger partial charge in [-0.05, 0) is 51.5 Å². The molecule has 0 saturated carbocycles. The number of amides is 2. The molecule has 0 aliphatic carbocycles. The lowest BCUT2D eigenvalue weighted by Crippen LogP contribution is -2.62. The minimum absolute atomic E-state index is 0.000903. The average Bonchev–Trinajstić information content (AvgIpc) is 2.55. The van der Waals surface area contributed by atoms with Crippen LogP contribution in [0.4, 0.5) is 4.79 Å². The lowest BCUT2D eigenvalue weighted by atomic mass is 9.83. The molecule has 5 nitrogen and oxygen atoms in total. The van der Waals surface area contributed by atoms with Crippen LogP contribution in [0, 0.1) is 11.8 Å². The van der Waals surface area contributed by atoms with Gasteiger partial charge in [-0.2, -0.15) is 0 Å². The van der Waals surface area contributed by atoms with Gasteiger partial charge < -0.3 is 4.74 Å². The van der Waals surface area contributed by atoms with Gasteiger partial charge in [0.15, 0.2) is 0 Å². The Balaban J connectivity index is 2.65. The zero-order chi connectivity index (χ0) is 21.3. The van der Waals surface area contributed by atoms with Crippen LogP contribution in [0.25, 0.3) is 0 Å². The maximum atomic E-state index is 13.5. The Bertz CT molecular complexity index is 747. The quantitative estimate of drug-likeness (QED) is 0.725. The first-order valence-electron chi connectivity index (χ1n) is 10.1. The van der Waals surface area contributed by atoms with E-state index in [2.05, 4.69) is 13.8 Å². The van der Waals surface area contributed by atoms with E-state index < -0.39 is 23.3 Å². The number of rotatable bonds is 4. The molecule has 0 bridgehead atoms. The van der Waals surface area contributed by atoms with E-state index in [0.717, 1.165) is 11.3 Å². The number of nitrogens with zero attached hydrogens (tertiary/aromatic N) is 2. The monoisotopic (exact) mass is 386 g/mol. The van der Waals surface area contributed by atoms with Crippen molar-refractivity contribution in [3.05, 3.63) is 35.9 Å². The van der Waals surface area contributed by atoms with Crippen LogP contribution in [-0.4, -0.2) is 39.8 Å². The van der Waals surface area contributed by atoms with Crippen LogP contribution in [0.3, 0.4) is 0 Å². The predicted octanol–water partition coefficient (Wildman–Crippen LogP) is 5.08. The van der Waals surface area contributed by atoms with Crippen LogP contribution in [0.1, 0.15) is 67.4 Å². The summed E-state index contributed by atoms with van der Waals surface area (Å²) < 4.78 is 5.62. The SMILES string of the molecule is CC(C)C[C@]1(C)N=C(c2ccccc2)[C@@H](C(C)C)N(C(=O)OC(C)(C)C)C1=O. The highest BCUT2D eigenvalue weighted by Gasteiger charge is 2.50. The van der Waals surface area contributed by atoms with Crippen molar-refractivity contribution < 1.29 is 14.3 Å². The zero-order valence-corrected chi connectivity index (χ0v) is 18.4. The molecular weight excluding hydrogens is 352 g/mol. The van der Waals surface area contributed by atoms with E-state index in [1.165, 1.54) is 4.90 Å². The normalized spacial score (nSPS) is 23.2. The summed E-state index contributed by atoms with van der Waals surface area (Å²) in [5.74, 6) is -0.0290. The van der Waals surface area contributed by atoms with Crippen molar-refractivity contribution in [1.29, 1.82) is 0 Å². The lowest BCUT2D eigenvalue weighted by Gasteiger charge is -2.44. The summed E-state index contributed by atoms with van der Waals surface area (Å²) in [6.07, 6.45) is -0.0405. The molecule has 1 heterocycles. The molecule has 0 N–H and O–H groups in total. The molecular formula is C23H34N2O3. The molecule has 2 amide bonds. The van der Waals surface area contributed by atoms with Gasteiger partial charge in [-0.25, -0.2) is 9.69 Å². The number of hydrogen-bond acceptors (Lipinski definition) is 4. The van der Waals surface area contributed by atoms with E-state index in [0.29, 0.717) is 6.42 Å². The molecule has 1 aliphatic heterocycles. The van der Waals surface area contributed by atoms with Crippen LogP contribution in [0.5, 0.6) is 0 Å². The van der Waals surface area contributed by atoms with Crippen LogP contribution in [0.2, 0.25) is 0 Å². The van der Waals surface area contributed by atoms with Crippen molar-refractivity contribution in [2.45, 2.75) is 79.0 Å². The van der Waals surface area contributed by atoms with Crippen molar-refractivity contribution in [3.8, 4) is 0 Å². The summed E-state index contributed by atoms with van der Waals surface area (Å²) in [6.45, 7) is 15.4. The fourth-order valence-electron chi connectivity index (χ4n) is 3.78. The van der Waals surface area contributed by atoms with Crippen LogP contribution >= 0.6 is 0 Å². The summed E-state index contributed by atoms with van der Waals surface area (Å²) in [5.41, 5.74) is 0.0117. The summed E-state index contributed by atoms with van der Waals surface area (Å²) in [7, 11) is 0. The van der Waals surface area contributed by atoms with Gasteiger partial charge in [-0.3, -0.25) is 9.79 Å². The fourth-order valence-corrected chi connectivity index (χ4v) is 3.78. The largest absolute Gasteiger partial charge is 0.443 e. The molecule has 2 atom stereocenters. The fraction of sp³-hybridized carbons (Fsp3) is 0.609. The topological polar surface area (TPSA) is 59.0 Å². The molecule has 154 valence electrons. The number of benzene rings is 1. The molecule has 0 spiro atoms. The van der Waals surface area contributed by atoms with Gasteiger partial charge in [0.1, 0.15) is 11.1 Å². The number of carbonyl (C=O) groups excluding carboxylic acids is 2. The molecule has 0 fully saturated rings. The van der Waals surface area contributed by atoms with E-state index in [1.807, 2.05) is 71.9 Å². The Morgan fingerprint density at radius 2 is 1.75 bits per heavy atom. The molecule has 0 radical (unpaired) electrons. The van der Waals surface area contributed by atoms with Crippen LogP contribution < -0.4 is 0 Å². The Morgan fingerprint density at radius 3 is 2.21 bits per heavy atom. The summed E-state index contributed by atoms with van der Waals surface area (Å²) >= 11 is 0. The summed E-state index contributed by atoms with van der Waals surface area (Å²) in [5, 5.41) is 0. The number of imide groups is 1. The van der Waals surface area contributed by atoms with Crippen molar-refractivity contribution in [2.75, 3.05) is 0 Å². The number of ether oxygens (including phenoxy) is 1. The minimum Gasteiger partial charge on any atom is -0.443 e. The predicted molar refractivity (Wildman–Crippen MR) is 113 cm³/mol. The molecule has 0 saturated heterocycles. The summed E-state index contributed by atoms with van der Waals surface area (Å²) in [6, 6.07) is 9.33. The number of aliphatic imine (C=N–C) groups is 1. The van der Waals surface area contributed by atoms with Crippen molar-refractivity contribution in [1.82, 2.24) is 4.90 Å². The van der Waals surface area contributed by atoms with E-state index in [1.54, 1.807) is 0 Å². The molecule has 1 aromatic rings. The molecule has 2 rings (SSSR count). The summed E-state index contributed by atoms with van der Waals surface area (Å²) in [4.78, 5) is 32.9. The Kier molecular flexibility index (Phi) is 6.37. The Morgan fingerprint density at radius 1 is 1.18 bits per heavy atom. The Labute approximate surface area is 169 Å². The third kappa shape index (κ3) is 4.81. The highest BCUT2D eigenvalue weighted by molar-refractivity contribution is 6.14. The molecule has 28 heavy (non-hydrogen) atoms. The third-order valence-electron chi connectivity index (χ3n) is 4.70. The molecule has 5 heteroatoms. The smallest absolute Gasteiger partial charge is 0.417 e. The van der Waals surface area contributed by atoms with Gasteiger partial charge >= 0.3 is 6.09 Å².